The highest BCUT2D eigenvalue weighted by Gasteiger charge is 2.26. The van der Waals surface area contributed by atoms with Crippen molar-refractivity contribution in [3.05, 3.63) is 28.8 Å². The molecule has 1 saturated heterocycles. The average Bonchev–Trinajstić information content (AvgIpc) is 2.53. The second kappa shape index (κ2) is 8.56. The van der Waals surface area contributed by atoms with E-state index in [1.807, 2.05) is 6.92 Å². The molecule has 3 atom stereocenters. The fourth-order valence-corrected chi connectivity index (χ4v) is 3.42. The first-order valence-electron chi connectivity index (χ1n) is 8.63. The van der Waals surface area contributed by atoms with Gasteiger partial charge in [0.15, 0.2) is 12.7 Å². The minimum atomic E-state index is -0.799. The second-order valence-electron chi connectivity index (χ2n) is 7.02. The molecule has 0 aromatic heterocycles. The van der Waals surface area contributed by atoms with E-state index < -0.39 is 12.1 Å². The number of hydrogen-bond donors (Lipinski definition) is 0. The number of hydrogen-bond acceptors (Lipinski definition) is 4. The molecule has 0 saturated carbocycles. The van der Waals surface area contributed by atoms with Crippen LogP contribution in [0.25, 0.3) is 0 Å². The zero-order valence-electron chi connectivity index (χ0n) is 15.3. The molecule has 25 heavy (non-hydrogen) atoms. The molecule has 1 aromatic carbocycles. The lowest BCUT2D eigenvalue weighted by atomic mass is 9.92. The minimum absolute atomic E-state index is 0.151. The highest BCUT2D eigenvalue weighted by molar-refractivity contribution is 6.30. The van der Waals surface area contributed by atoms with Crippen LogP contribution in [0.3, 0.4) is 0 Å². The summed E-state index contributed by atoms with van der Waals surface area (Å²) in [5, 5.41) is 0.607. The summed E-state index contributed by atoms with van der Waals surface area (Å²) in [7, 11) is 0. The Morgan fingerprint density at radius 3 is 2.52 bits per heavy atom. The van der Waals surface area contributed by atoms with E-state index in [9.17, 15) is 9.59 Å². The summed E-state index contributed by atoms with van der Waals surface area (Å²) >= 11 is 5.91. The van der Waals surface area contributed by atoms with Crippen LogP contribution in [0.1, 0.15) is 32.8 Å². The first kappa shape index (κ1) is 19.6. The lowest BCUT2D eigenvalue weighted by Crippen LogP contribution is -2.44. The van der Waals surface area contributed by atoms with E-state index >= 15 is 0 Å². The number of amides is 1. The Labute approximate surface area is 154 Å². The summed E-state index contributed by atoms with van der Waals surface area (Å²) in [6.07, 6.45) is 0.321. The molecule has 1 aromatic rings. The zero-order valence-corrected chi connectivity index (χ0v) is 16.0. The van der Waals surface area contributed by atoms with Gasteiger partial charge >= 0.3 is 5.97 Å². The van der Waals surface area contributed by atoms with Crippen LogP contribution in [0.2, 0.25) is 5.02 Å². The third-order valence-corrected chi connectivity index (χ3v) is 4.57. The van der Waals surface area contributed by atoms with Crippen LogP contribution in [0, 0.1) is 18.8 Å². The molecule has 1 aliphatic rings. The number of ether oxygens (including phenoxy) is 2. The second-order valence-corrected chi connectivity index (χ2v) is 7.46. The maximum atomic E-state index is 12.3. The molecule has 138 valence electrons. The SMILES string of the molecule is Cc1cc(Cl)ccc1OC(C)C(=O)OCC(=O)N1CC(C)CC(C)C1. The number of halogens is 1. The first-order valence-corrected chi connectivity index (χ1v) is 9.01. The third-order valence-electron chi connectivity index (χ3n) is 4.33. The summed E-state index contributed by atoms with van der Waals surface area (Å²) in [6.45, 7) is 8.91. The Kier molecular flexibility index (Phi) is 6.71. The summed E-state index contributed by atoms with van der Waals surface area (Å²) in [6, 6.07) is 5.17. The summed E-state index contributed by atoms with van der Waals surface area (Å²) in [5.41, 5.74) is 0.833. The molecule has 0 aliphatic carbocycles. The third kappa shape index (κ3) is 5.63. The van der Waals surface area contributed by atoms with Crippen LogP contribution >= 0.6 is 11.6 Å². The number of carbonyl (C=O) groups excluding carboxylic acids is 2. The van der Waals surface area contributed by atoms with E-state index in [0.717, 1.165) is 25.1 Å². The maximum absolute atomic E-state index is 12.3. The van der Waals surface area contributed by atoms with Gasteiger partial charge in [0, 0.05) is 18.1 Å². The van der Waals surface area contributed by atoms with Crippen molar-refractivity contribution in [3.63, 3.8) is 0 Å². The van der Waals surface area contributed by atoms with Gasteiger partial charge in [0.25, 0.3) is 5.91 Å². The Bertz CT molecular complexity index is 624. The number of aryl methyl sites for hydroxylation is 1. The normalized spacial score (nSPS) is 21.6. The molecular formula is C19H26ClNO4. The Balaban J connectivity index is 1.83. The Morgan fingerprint density at radius 1 is 1.28 bits per heavy atom. The minimum Gasteiger partial charge on any atom is -0.479 e. The molecule has 1 amide bonds. The van der Waals surface area contributed by atoms with Crippen molar-refractivity contribution in [1.29, 1.82) is 0 Å². The van der Waals surface area contributed by atoms with Crippen molar-refractivity contribution >= 4 is 23.5 Å². The molecule has 2 rings (SSSR count). The van der Waals surface area contributed by atoms with E-state index in [1.165, 1.54) is 0 Å². The Morgan fingerprint density at radius 2 is 1.92 bits per heavy atom. The zero-order chi connectivity index (χ0) is 18.6. The number of rotatable bonds is 5. The predicted octanol–water partition coefficient (Wildman–Crippen LogP) is 3.46. The van der Waals surface area contributed by atoms with Crippen LogP contribution < -0.4 is 4.74 Å². The predicted molar refractivity (Wildman–Crippen MR) is 96.8 cm³/mol. The van der Waals surface area contributed by atoms with Gasteiger partial charge in [-0.3, -0.25) is 4.79 Å². The van der Waals surface area contributed by atoms with Crippen molar-refractivity contribution in [2.24, 2.45) is 11.8 Å². The van der Waals surface area contributed by atoms with E-state index in [-0.39, 0.29) is 12.5 Å². The van der Waals surface area contributed by atoms with Crippen molar-refractivity contribution in [2.45, 2.75) is 40.2 Å². The fraction of sp³-hybridized carbons (Fsp3) is 0.579. The maximum Gasteiger partial charge on any atom is 0.347 e. The first-order chi connectivity index (χ1) is 11.8. The van der Waals surface area contributed by atoms with Gasteiger partial charge in [-0.25, -0.2) is 4.79 Å². The largest absolute Gasteiger partial charge is 0.479 e. The molecule has 0 spiro atoms. The molecule has 5 nitrogen and oxygen atoms in total. The van der Waals surface area contributed by atoms with Crippen molar-refractivity contribution < 1.29 is 19.1 Å². The molecule has 3 unspecified atom stereocenters. The van der Waals surface area contributed by atoms with E-state index in [1.54, 1.807) is 30.0 Å². The van der Waals surface area contributed by atoms with Crippen LogP contribution in [-0.2, 0) is 14.3 Å². The summed E-state index contributed by atoms with van der Waals surface area (Å²) in [5.74, 6) is 0.804. The van der Waals surface area contributed by atoms with Gasteiger partial charge in [0.2, 0.25) is 0 Å². The molecule has 1 fully saturated rings. The smallest absolute Gasteiger partial charge is 0.347 e. The van der Waals surface area contributed by atoms with E-state index in [2.05, 4.69) is 13.8 Å². The topological polar surface area (TPSA) is 55.8 Å². The number of nitrogens with zero attached hydrogens (tertiary/aromatic N) is 1. The van der Waals surface area contributed by atoms with Gasteiger partial charge in [0.1, 0.15) is 5.75 Å². The van der Waals surface area contributed by atoms with Crippen LogP contribution in [-0.4, -0.2) is 42.6 Å². The molecule has 0 N–H and O–H groups in total. The highest BCUT2D eigenvalue weighted by Crippen LogP contribution is 2.23. The Hall–Kier alpha value is -1.75. The van der Waals surface area contributed by atoms with Crippen molar-refractivity contribution in [2.75, 3.05) is 19.7 Å². The van der Waals surface area contributed by atoms with Gasteiger partial charge in [-0.15, -0.1) is 0 Å². The molecule has 1 aliphatic heterocycles. The molecule has 1 heterocycles. The average molecular weight is 368 g/mol. The highest BCUT2D eigenvalue weighted by atomic mass is 35.5. The van der Waals surface area contributed by atoms with Crippen LogP contribution in [0.4, 0.5) is 0 Å². The summed E-state index contributed by atoms with van der Waals surface area (Å²) < 4.78 is 10.8. The molecule has 0 radical (unpaired) electrons. The van der Waals surface area contributed by atoms with Gasteiger partial charge in [-0.2, -0.15) is 0 Å². The van der Waals surface area contributed by atoms with Crippen molar-refractivity contribution in [1.82, 2.24) is 4.90 Å². The molecular weight excluding hydrogens is 342 g/mol. The number of carbonyl (C=O) groups is 2. The number of esters is 1. The number of benzene rings is 1. The summed E-state index contributed by atoms with van der Waals surface area (Å²) in [4.78, 5) is 26.1. The van der Waals surface area contributed by atoms with E-state index in [4.69, 9.17) is 21.1 Å². The standard InChI is InChI=1S/C19H26ClNO4/c1-12-7-13(2)10-21(9-12)18(22)11-24-19(23)15(4)25-17-6-5-16(20)8-14(17)3/h5-6,8,12-13,15H,7,9-11H2,1-4H3. The lowest BCUT2D eigenvalue weighted by Gasteiger charge is -2.34. The fourth-order valence-electron chi connectivity index (χ4n) is 3.19. The van der Waals surface area contributed by atoms with Crippen molar-refractivity contribution in [3.8, 4) is 5.75 Å². The van der Waals surface area contributed by atoms with Gasteiger partial charge < -0.3 is 14.4 Å². The van der Waals surface area contributed by atoms with Crippen LogP contribution in [0.5, 0.6) is 5.75 Å². The van der Waals surface area contributed by atoms with Gasteiger partial charge in [0.05, 0.1) is 0 Å². The monoisotopic (exact) mass is 367 g/mol. The van der Waals surface area contributed by atoms with Gasteiger partial charge in [-0.1, -0.05) is 25.4 Å². The number of piperidine rings is 1. The number of likely N-dealkylation sites (tertiary alicyclic amines) is 1. The van der Waals surface area contributed by atoms with Crippen LogP contribution in [0.15, 0.2) is 18.2 Å². The molecule has 6 heteroatoms. The quantitative estimate of drug-likeness (QED) is 0.748. The van der Waals surface area contributed by atoms with Gasteiger partial charge in [-0.05, 0) is 55.9 Å². The molecule has 0 bridgehead atoms. The lowest BCUT2D eigenvalue weighted by molar-refractivity contribution is -0.158. The van der Waals surface area contributed by atoms with E-state index in [0.29, 0.717) is 22.6 Å².